The Hall–Kier alpha value is -1.37. The highest BCUT2D eigenvalue weighted by Crippen LogP contribution is 2.39. The van der Waals surface area contributed by atoms with Gasteiger partial charge in [0.2, 0.25) is 5.88 Å². The summed E-state index contributed by atoms with van der Waals surface area (Å²) in [5, 5.41) is 0. The first kappa shape index (κ1) is 11.7. The second kappa shape index (κ2) is 4.72. The number of nitrogens with two attached hydrogens (primary N) is 1. The molecule has 2 aromatic rings. The lowest BCUT2D eigenvalue weighted by atomic mass is 10.3. The van der Waals surface area contributed by atoms with Crippen molar-refractivity contribution in [3.05, 3.63) is 39.7 Å². The van der Waals surface area contributed by atoms with Crippen LogP contribution in [0.25, 0.3) is 0 Å². The average molecular weight is 353 g/mol. The van der Waals surface area contributed by atoms with Gasteiger partial charge in [-0.15, -0.1) is 0 Å². The van der Waals surface area contributed by atoms with E-state index >= 15 is 0 Å². The maximum atomic E-state index is 5.78. The van der Waals surface area contributed by atoms with Crippen LogP contribution in [0.15, 0.2) is 30.3 Å². The van der Waals surface area contributed by atoms with E-state index in [4.69, 9.17) is 10.5 Å². The fourth-order valence-electron chi connectivity index (χ4n) is 1.68. The van der Waals surface area contributed by atoms with Crippen LogP contribution in [0.1, 0.15) is 24.6 Å². The summed E-state index contributed by atoms with van der Waals surface area (Å²) in [4.78, 5) is 8.66. The van der Waals surface area contributed by atoms with Crippen LogP contribution >= 0.6 is 22.6 Å². The summed E-state index contributed by atoms with van der Waals surface area (Å²) < 4.78 is 6.81. The molecule has 18 heavy (non-hydrogen) atoms. The molecule has 3 rings (SSSR count). The van der Waals surface area contributed by atoms with Crippen LogP contribution < -0.4 is 10.5 Å². The molecule has 0 radical (unpaired) electrons. The molecule has 1 aromatic heterocycles. The van der Waals surface area contributed by atoms with Crippen molar-refractivity contribution >= 4 is 28.4 Å². The molecule has 1 aromatic carbocycles. The number of ether oxygens (including phenoxy) is 1. The third-order valence-electron chi connectivity index (χ3n) is 2.73. The van der Waals surface area contributed by atoms with Crippen molar-refractivity contribution in [2.45, 2.75) is 18.8 Å². The maximum Gasteiger partial charge on any atom is 0.224 e. The zero-order chi connectivity index (χ0) is 12.5. The van der Waals surface area contributed by atoms with Gasteiger partial charge in [-0.25, -0.2) is 4.98 Å². The summed E-state index contributed by atoms with van der Waals surface area (Å²) in [5.41, 5.74) is 5.78. The molecule has 0 unspecified atom stereocenters. The average Bonchev–Trinajstić information content (AvgIpc) is 3.15. The zero-order valence-electron chi connectivity index (χ0n) is 9.64. The number of hydrogen-bond donors (Lipinski definition) is 1. The van der Waals surface area contributed by atoms with E-state index in [0.717, 1.165) is 28.0 Å². The molecule has 2 N–H and O–H groups in total. The fourth-order valence-corrected chi connectivity index (χ4v) is 2.18. The van der Waals surface area contributed by atoms with Crippen molar-refractivity contribution in [2.24, 2.45) is 0 Å². The largest absolute Gasteiger partial charge is 0.438 e. The van der Waals surface area contributed by atoms with Gasteiger partial charge in [0.25, 0.3) is 0 Å². The predicted octanol–water partition coefficient (Wildman–Crippen LogP) is 3.33. The van der Waals surface area contributed by atoms with E-state index in [1.165, 1.54) is 0 Å². The molecule has 1 heterocycles. The van der Waals surface area contributed by atoms with Crippen LogP contribution in [-0.2, 0) is 0 Å². The monoisotopic (exact) mass is 353 g/mol. The van der Waals surface area contributed by atoms with E-state index in [1.807, 2.05) is 24.3 Å². The molecule has 0 aliphatic heterocycles. The van der Waals surface area contributed by atoms with Gasteiger partial charge in [-0.1, -0.05) is 12.1 Å². The lowest BCUT2D eigenvalue weighted by Crippen LogP contribution is -2.00. The Bertz CT molecular complexity index is 584. The van der Waals surface area contributed by atoms with Gasteiger partial charge in [-0.05, 0) is 47.6 Å². The minimum Gasteiger partial charge on any atom is -0.438 e. The Morgan fingerprint density at radius 3 is 2.72 bits per heavy atom. The molecule has 0 amide bonds. The third-order valence-corrected chi connectivity index (χ3v) is 3.62. The molecule has 4 nitrogen and oxygen atoms in total. The summed E-state index contributed by atoms with van der Waals surface area (Å²) in [5.74, 6) is 3.04. The van der Waals surface area contributed by atoms with Gasteiger partial charge in [0.15, 0.2) is 0 Å². The van der Waals surface area contributed by atoms with Crippen molar-refractivity contribution in [2.75, 3.05) is 5.73 Å². The summed E-state index contributed by atoms with van der Waals surface area (Å²) in [7, 11) is 0. The molecule has 0 atom stereocenters. The third kappa shape index (κ3) is 2.55. The second-order valence-electron chi connectivity index (χ2n) is 4.30. The van der Waals surface area contributed by atoms with Crippen molar-refractivity contribution in [1.29, 1.82) is 0 Å². The molecule has 1 aliphatic carbocycles. The summed E-state index contributed by atoms with van der Waals surface area (Å²) >= 11 is 2.23. The van der Waals surface area contributed by atoms with Crippen LogP contribution in [0.4, 0.5) is 5.82 Å². The van der Waals surface area contributed by atoms with E-state index in [-0.39, 0.29) is 0 Å². The van der Waals surface area contributed by atoms with Crippen LogP contribution in [0.2, 0.25) is 0 Å². The Morgan fingerprint density at radius 2 is 2.00 bits per heavy atom. The van der Waals surface area contributed by atoms with Gasteiger partial charge in [-0.3, -0.25) is 0 Å². The number of nitrogens with zero attached hydrogens (tertiary/aromatic N) is 2. The smallest absolute Gasteiger partial charge is 0.224 e. The fraction of sp³-hybridized carbons (Fsp3) is 0.231. The molecular weight excluding hydrogens is 341 g/mol. The van der Waals surface area contributed by atoms with E-state index in [2.05, 4.69) is 32.6 Å². The number of para-hydroxylation sites is 1. The Kier molecular flexibility index (Phi) is 3.07. The molecule has 0 bridgehead atoms. The van der Waals surface area contributed by atoms with Gasteiger partial charge in [0, 0.05) is 12.0 Å². The topological polar surface area (TPSA) is 61.0 Å². The normalized spacial score (nSPS) is 14.5. The molecule has 1 aliphatic rings. The van der Waals surface area contributed by atoms with Gasteiger partial charge in [0.1, 0.15) is 17.4 Å². The first-order valence-corrected chi connectivity index (χ1v) is 6.87. The van der Waals surface area contributed by atoms with Gasteiger partial charge in [0.05, 0.1) is 3.57 Å². The van der Waals surface area contributed by atoms with E-state index in [1.54, 1.807) is 6.07 Å². The van der Waals surface area contributed by atoms with E-state index in [0.29, 0.717) is 17.6 Å². The molecule has 1 fully saturated rings. The first-order valence-electron chi connectivity index (χ1n) is 5.79. The number of rotatable bonds is 3. The van der Waals surface area contributed by atoms with E-state index < -0.39 is 0 Å². The zero-order valence-corrected chi connectivity index (χ0v) is 11.8. The second-order valence-corrected chi connectivity index (χ2v) is 5.46. The first-order chi connectivity index (χ1) is 8.72. The Morgan fingerprint density at radius 1 is 1.22 bits per heavy atom. The molecule has 5 heteroatoms. The summed E-state index contributed by atoms with van der Waals surface area (Å²) in [6.45, 7) is 0. The molecular formula is C13H12IN3O. The van der Waals surface area contributed by atoms with Crippen LogP contribution in [0, 0.1) is 3.57 Å². The number of halogens is 1. The highest BCUT2D eigenvalue weighted by atomic mass is 127. The number of anilines is 1. The molecule has 0 spiro atoms. The summed E-state index contributed by atoms with van der Waals surface area (Å²) in [6.07, 6.45) is 2.29. The molecule has 1 saturated carbocycles. The van der Waals surface area contributed by atoms with Gasteiger partial charge >= 0.3 is 0 Å². The highest BCUT2D eigenvalue weighted by molar-refractivity contribution is 14.1. The predicted molar refractivity (Wildman–Crippen MR) is 77.7 cm³/mol. The number of benzene rings is 1. The van der Waals surface area contributed by atoms with E-state index in [9.17, 15) is 0 Å². The van der Waals surface area contributed by atoms with Crippen molar-refractivity contribution in [3.8, 4) is 11.6 Å². The quantitative estimate of drug-likeness (QED) is 0.860. The minimum atomic E-state index is 0.464. The number of aromatic nitrogens is 2. The molecule has 0 saturated heterocycles. The summed E-state index contributed by atoms with van der Waals surface area (Å²) in [6, 6.07) is 9.47. The van der Waals surface area contributed by atoms with Crippen LogP contribution in [0.3, 0.4) is 0 Å². The van der Waals surface area contributed by atoms with Crippen LogP contribution in [-0.4, -0.2) is 9.97 Å². The SMILES string of the molecule is Nc1cc(Oc2ccccc2I)nc(C2CC2)n1. The minimum absolute atomic E-state index is 0.464. The number of nitrogen functional groups attached to an aromatic ring is 1. The van der Waals surface area contributed by atoms with Crippen molar-refractivity contribution in [1.82, 2.24) is 9.97 Å². The Balaban J connectivity index is 1.90. The van der Waals surface area contributed by atoms with Gasteiger partial charge in [-0.2, -0.15) is 4.98 Å². The highest BCUT2D eigenvalue weighted by Gasteiger charge is 2.27. The Labute approximate surface area is 119 Å². The molecule has 92 valence electrons. The van der Waals surface area contributed by atoms with Crippen LogP contribution in [0.5, 0.6) is 11.6 Å². The lowest BCUT2D eigenvalue weighted by Gasteiger charge is -2.08. The number of hydrogen-bond acceptors (Lipinski definition) is 4. The maximum absolute atomic E-state index is 5.78. The van der Waals surface area contributed by atoms with Gasteiger partial charge < -0.3 is 10.5 Å². The van der Waals surface area contributed by atoms with Crippen molar-refractivity contribution in [3.63, 3.8) is 0 Å². The standard InChI is InChI=1S/C13H12IN3O/c14-9-3-1-2-4-10(9)18-12-7-11(15)16-13(17-12)8-5-6-8/h1-4,7-8H,5-6H2,(H2,15,16,17). The lowest BCUT2D eigenvalue weighted by molar-refractivity contribution is 0.456. The van der Waals surface area contributed by atoms with Crippen molar-refractivity contribution < 1.29 is 4.74 Å².